The number of nitrogens with two attached hydrogens (primary N) is 2. The first-order valence-electron chi connectivity index (χ1n) is 4.10. The first-order chi connectivity index (χ1) is 6.79. The quantitative estimate of drug-likeness (QED) is 0.653. The number of nitrogens with zero attached hydrogens (tertiary/aromatic N) is 2. The van der Waals surface area contributed by atoms with Gasteiger partial charge in [0.25, 0.3) is 0 Å². The van der Waals surface area contributed by atoms with E-state index in [9.17, 15) is 0 Å². The Labute approximate surface area is 82.6 Å². The Balaban J connectivity index is 0.000000140. The molecule has 0 saturated carbocycles. The first kappa shape index (κ1) is 9.98. The van der Waals surface area contributed by atoms with E-state index in [1.807, 2.05) is 0 Å². The van der Waals surface area contributed by atoms with E-state index in [2.05, 4.69) is 9.97 Å². The van der Waals surface area contributed by atoms with Crippen molar-refractivity contribution in [2.75, 3.05) is 11.5 Å². The highest BCUT2D eigenvalue weighted by Gasteiger charge is 1.73. The minimum atomic E-state index is 0.759. The van der Waals surface area contributed by atoms with Gasteiger partial charge in [-0.1, -0.05) is 0 Å². The second-order valence-electron chi connectivity index (χ2n) is 2.56. The predicted octanol–water partition coefficient (Wildman–Crippen LogP) is 1.33. The second-order valence-corrected chi connectivity index (χ2v) is 2.56. The van der Waals surface area contributed by atoms with Crippen LogP contribution in [0.15, 0.2) is 49.1 Å². The SMILES string of the molecule is Nc1ccncc1.Nc1ccncc1. The molecule has 72 valence electrons. The molecule has 0 aliphatic rings. The van der Waals surface area contributed by atoms with E-state index in [-0.39, 0.29) is 0 Å². The molecule has 0 fully saturated rings. The van der Waals surface area contributed by atoms with Crippen molar-refractivity contribution in [1.29, 1.82) is 0 Å². The maximum Gasteiger partial charge on any atom is 0.0344 e. The van der Waals surface area contributed by atoms with Gasteiger partial charge >= 0.3 is 0 Å². The third-order valence-electron chi connectivity index (χ3n) is 1.41. The number of rotatable bonds is 0. The van der Waals surface area contributed by atoms with Crippen LogP contribution >= 0.6 is 0 Å². The molecule has 0 spiro atoms. The highest BCUT2D eigenvalue weighted by molar-refractivity contribution is 5.34. The molecular formula is C10H12N4. The normalized spacial score (nSPS) is 8.57. The van der Waals surface area contributed by atoms with Gasteiger partial charge in [-0.05, 0) is 24.3 Å². The lowest BCUT2D eigenvalue weighted by atomic mass is 10.4. The van der Waals surface area contributed by atoms with Crippen LogP contribution in [0.2, 0.25) is 0 Å². The molecule has 2 aromatic rings. The van der Waals surface area contributed by atoms with Crippen LogP contribution in [0.4, 0.5) is 11.4 Å². The highest BCUT2D eigenvalue weighted by Crippen LogP contribution is 1.93. The van der Waals surface area contributed by atoms with Crippen LogP contribution in [0, 0.1) is 0 Å². The topological polar surface area (TPSA) is 77.8 Å². The minimum Gasteiger partial charge on any atom is -0.399 e. The summed E-state index contributed by atoms with van der Waals surface area (Å²) in [5, 5.41) is 0. The fourth-order valence-electron chi connectivity index (χ4n) is 0.727. The zero-order valence-corrected chi connectivity index (χ0v) is 7.67. The molecule has 14 heavy (non-hydrogen) atoms. The van der Waals surface area contributed by atoms with Crippen molar-refractivity contribution in [3.05, 3.63) is 49.1 Å². The van der Waals surface area contributed by atoms with Crippen molar-refractivity contribution in [2.24, 2.45) is 0 Å². The molecule has 0 radical (unpaired) electrons. The van der Waals surface area contributed by atoms with Crippen LogP contribution in [0.1, 0.15) is 0 Å². The molecular weight excluding hydrogens is 176 g/mol. The van der Waals surface area contributed by atoms with E-state index in [4.69, 9.17) is 11.5 Å². The number of hydrogen-bond acceptors (Lipinski definition) is 4. The molecule has 2 rings (SSSR count). The molecule has 0 amide bonds. The van der Waals surface area contributed by atoms with Crippen molar-refractivity contribution in [1.82, 2.24) is 9.97 Å². The van der Waals surface area contributed by atoms with Gasteiger partial charge in [-0.25, -0.2) is 0 Å². The maximum atomic E-state index is 5.32. The van der Waals surface area contributed by atoms with Gasteiger partial charge in [-0.2, -0.15) is 0 Å². The summed E-state index contributed by atoms with van der Waals surface area (Å²) in [4.78, 5) is 7.53. The standard InChI is InChI=1S/2C5H6N2/c2*6-5-1-3-7-4-2-5/h2*1-4H,(H2,6,7). The average Bonchev–Trinajstić information content (AvgIpc) is 2.21. The Morgan fingerprint density at radius 3 is 1.07 bits per heavy atom. The van der Waals surface area contributed by atoms with Gasteiger partial charge in [0.05, 0.1) is 0 Å². The van der Waals surface area contributed by atoms with Crippen LogP contribution < -0.4 is 11.5 Å². The lowest BCUT2D eigenvalue weighted by Gasteiger charge is -1.83. The van der Waals surface area contributed by atoms with E-state index >= 15 is 0 Å². The molecule has 0 unspecified atom stereocenters. The number of nitrogen functional groups attached to an aromatic ring is 2. The van der Waals surface area contributed by atoms with Gasteiger partial charge in [0.1, 0.15) is 0 Å². The largest absolute Gasteiger partial charge is 0.399 e. The molecule has 4 nitrogen and oxygen atoms in total. The molecule has 4 heteroatoms. The number of aromatic nitrogens is 2. The summed E-state index contributed by atoms with van der Waals surface area (Å²) >= 11 is 0. The van der Waals surface area contributed by atoms with Gasteiger partial charge in [0.15, 0.2) is 0 Å². The summed E-state index contributed by atoms with van der Waals surface area (Å²) in [6.07, 6.45) is 6.65. The zero-order chi connectivity index (χ0) is 10.2. The van der Waals surface area contributed by atoms with Crippen LogP contribution in [0.5, 0.6) is 0 Å². The zero-order valence-electron chi connectivity index (χ0n) is 7.67. The summed E-state index contributed by atoms with van der Waals surface area (Å²) in [5.41, 5.74) is 12.2. The van der Waals surface area contributed by atoms with Crippen molar-refractivity contribution < 1.29 is 0 Å². The predicted molar refractivity (Wildman–Crippen MR) is 57.3 cm³/mol. The molecule has 0 aliphatic heterocycles. The second kappa shape index (κ2) is 5.53. The first-order valence-corrected chi connectivity index (χ1v) is 4.10. The maximum absolute atomic E-state index is 5.32. The molecule has 0 bridgehead atoms. The van der Waals surface area contributed by atoms with E-state index in [1.54, 1.807) is 49.1 Å². The Hall–Kier alpha value is -2.10. The Morgan fingerprint density at radius 1 is 0.643 bits per heavy atom. The van der Waals surface area contributed by atoms with Gasteiger partial charge < -0.3 is 11.5 Å². The molecule has 0 aromatic carbocycles. The van der Waals surface area contributed by atoms with Crippen LogP contribution in [-0.2, 0) is 0 Å². The van der Waals surface area contributed by atoms with Crippen LogP contribution in [0.25, 0.3) is 0 Å². The number of anilines is 2. The van der Waals surface area contributed by atoms with E-state index in [0.717, 1.165) is 11.4 Å². The molecule has 4 N–H and O–H groups in total. The monoisotopic (exact) mass is 188 g/mol. The average molecular weight is 188 g/mol. The summed E-state index contributed by atoms with van der Waals surface area (Å²) in [5.74, 6) is 0. The fourth-order valence-corrected chi connectivity index (χ4v) is 0.727. The summed E-state index contributed by atoms with van der Waals surface area (Å²) in [7, 11) is 0. The smallest absolute Gasteiger partial charge is 0.0344 e. The Kier molecular flexibility index (Phi) is 3.94. The summed E-state index contributed by atoms with van der Waals surface area (Å²) in [6.45, 7) is 0. The van der Waals surface area contributed by atoms with Gasteiger partial charge in [0.2, 0.25) is 0 Å². The molecule has 2 aromatic heterocycles. The van der Waals surface area contributed by atoms with Crippen LogP contribution in [-0.4, -0.2) is 9.97 Å². The Bertz CT molecular complexity index is 310. The van der Waals surface area contributed by atoms with Crippen molar-refractivity contribution in [3.63, 3.8) is 0 Å². The van der Waals surface area contributed by atoms with Gasteiger partial charge in [-0.3, -0.25) is 9.97 Å². The Morgan fingerprint density at radius 2 is 0.929 bits per heavy atom. The lowest BCUT2D eigenvalue weighted by molar-refractivity contribution is 1.33. The van der Waals surface area contributed by atoms with Gasteiger partial charge in [0, 0.05) is 36.2 Å². The number of pyridine rings is 2. The third-order valence-corrected chi connectivity index (χ3v) is 1.41. The number of hydrogen-bond donors (Lipinski definition) is 2. The minimum absolute atomic E-state index is 0.759. The molecule has 0 saturated heterocycles. The van der Waals surface area contributed by atoms with Crippen molar-refractivity contribution in [2.45, 2.75) is 0 Å². The van der Waals surface area contributed by atoms with Crippen LogP contribution in [0.3, 0.4) is 0 Å². The van der Waals surface area contributed by atoms with Gasteiger partial charge in [-0.15, -0.1) is 0 Å². The third kappa shape index (κ3) is 4.06. The van der Waals surface area contributed by atoms with E-state index < -0.39 is 0 Å². The molecule has 0 aliphatic carbocycles. The summed E-state index contributed by atoms with van der Waals surface area (Å²) < 4.78 is 0. The summed E-state index contributed by atoms with van der Waals surface area (Å²) in [6, 6.07) is 7.00. The fraction of sp³-hybridized carbons (Fsp3) is 0. The van der Waals surface area contributed by atoms with E-state index in [0.29, 0.717) is 0 Å². The lowest BCUT2D eigenvalue weighted by Crippen LogP contribution is -1.81. The van der Waals surface area contributed by atoms with E-state index in [1.165, 1.54) is 0 Å². The van der Waals surface area contributed by atoms with Crippen molar-refractivity contribution in [3.8, 4) is 0 Å². The molecule has 2 heterocycles. The van der Waals surface area contributed by atoms with Crippen molar-refractivity contribution >= 4 is 11.4 Å². The molecule has 0 atom stereocenters. The highest BCUT2D eigenvalue weighted by atomic mass is 14.6.